The molecule has 0 saturated heterocycles. The molecular formula is C24H19N3. The third-order valence-electron chi connectivity index (χ3n) is 4.05. The van der Waals surface area contributed by atoms with Gasteiger partial charge in [0, 0.05) is 5.69 Å². The summed E-state index contributed by atoms with van der Waals surface area (Å²) in [5, 5.41) is 3.47. The van der Waals surface area contributed by atoms with E-state index in [0.717, 1.165) is 34.2 Å². The fourth-order valence-corrected chi connectivity index (χ4v) is 2.76. The Morgan fingerprint density at radius 2 is 1.11 bits per heavy atom. The largest absolute Gasteiger partial charge is 0.354 e. The van der Waals surface area contributed by atoms with Crippen LogP contribution in [0.25, 0.3) is 0 Å². The van der Waals surface area contributed by atoms with Crippen molar-refractivity contribution in [2.24, 2.45) is 9.98 Å². The van der Waals surface area contributed by atoms with Crippen LogP contribution in [0, 0.1) is 0 Å². The molecule has 1 aliphatic carbocycles. The van der Waals surface area contributed by atoms with Gasteiger partial charge in [-0.1, -0.05) is 54.6 Å². The standard InChI is InChI=1S/C24H19N3/c1-4-10-19(11-5-1)25-22-16-17-23(26-20-12-6-2-7-13-20)24(18-22)27-21-14-8-3-9-15-21/h1-18,27H. The molecule has 0 amide bonds. The first-order chi connectivity index (χ1) is 13.4. The molecule has 0 atom stereocenters. The summed E-state index contributed by atoms with van der Waals surface area (Å²) in [5.74, 6) is 0. The minimum Gasteiger partial charge on any atom is -0.354 e. The Morgan fingerprint density at radius 1 is 0.556 bits per heavy atom. The van der Waals surface area contributed by atoms with E-state index in [9.17, 15) is 0 Å². The van der Waals surface area contributed by atoms with Crippen LogP contribution in [0.15, 0.2) is 125 Å². The normalized spacial score (nSPS) is 16.4. The fourth-order valence-electron chi connectivity index (χ4n) is 2.76. The SMILES string of the molecule is C1=CC(=Nc2ccccc2)C(Nc2ccccc2)=CC1=Nc1ccccc1. The quantitative estimate of drug-likeness (QED) is 0.568. The van der Waals surface area contributed by atoms with E-state index in [0.29, 0.717) is 0 Å². The van der Waals surface area contributed by atoms with Crippen molar-refractivity contribution in [2.45, 2.75) is 0 Å². The Balaban J connectivity index is 1.70. The number of rotatable bonds is 4. The van der Waals surface area contributed by atoms with Gasteiger partial charge in [0.15, 0.2) is 0 Å². The number of anilines is 1. The van der Waals surface area contributed by atoms with Crippen LogP contribution >= 0.6 is 0 Å². The summed E-state index contributed by atoms with van der Waals surface area (Å²) >= 11 is 0. The third-order valence-corrected chi connectivity index (χ3v) is 4.05. The molecule has 1 N–H and O–H groups in total. The van der Waals surface area contributed by atoms with E-state index >= 15 is 0 Å². The highest BCUT2D eigenvalue weighted by molar-refractivity contribution is 6.23. The number of hydrogen-bond acceptors (Lipinski definition) is 3. The number of allylic oxidation sites excluding steroid dienone is 3. The van der Waals surface area contributed by atoms with Gasteiger partial charge in [0.05, 0.1) is 28.5 Å². The first-order valence-corrected chi connectivity index (χ1v) is 8.86. The lowest BCUT2D eigenvalue weighted by molar-refractivity contribution is 1.44. The molecule has 0 unspecified atom stereocenters. The second-order valence-electron chi connectivity index (χ2n) is 6.09. The van der Waals surface area contributed by atoms with Gasteiger partial charge in [-0.15, -0.1) is 0 Å². The summed E-state index contributed by atoms with van der Waals surface area (Å²) in [5.41, 5.74) is 5.53. The van der Waals surface area contributed by atoms with Gasteiger partial charge in [0.1, 0.15) is 0 Å². The fraction of sp³-hybridized carbons (Fsp3) is 0. The van der Waals surface area contributed by atoms with Gasteiger partial charge in [0.2, 0.25) is 0 Å². The Bertz CT molecular complexity index is 1010. The summed E-state index contributed by atoms with van der Waals surface area (Å²) in [6, 6.07) is 30.0. The predicted octanol–water partition coefficient (Wildman–Crippen LogP) is 6.10. The molecule has 3 aromatic carbocycles. The average molecular weight is 349 g/mol. The van der Waals surface area contributed by atoms with Crippen molar-refractivity contribution in [3.63, 3.8) is 0 Å². The van der Waals surface area contributed by atoms with E-state index in [1.165, 1.54) is 0 Å². The molecule has 0 aromatic heterocycles. The number of nitrogens with zero attached hydrogens (tertiary/aromatic N) is 2. The van der Waals surface area contributed by atoms with Crippen LogP contribution in [0.3, 0.4) is 0 Å². The summed E-state index contributed by atoms with van der Waals surface area (Å²) in [4.78, 5) is 9.49. The Hall–Kier alpha value is -3.72. The maximum atomic E-state index is 4.78. The molecule has 0 radical (unpaired) electrons. The van der Waals surface area contributed by atoms with Gasteiger partial charge in [0.25, 0.3) is 0 Å². The molecule has 130 valence electrons. The maximum absolute atomic E-state index is 4.78. The lowest BCUT2D eigenvalue weighted by atomic mass is 10.1. The number of hydrogen-bond donors (Lipinski definition) is 1. The minimum atomic E-state index is 0.872. The lowest BCUT2D eigenvalue weighted by Gasteiger charge is -2.15. The summed E-state index contributed by atoms with van der Waals surface area (Å²) in [6.45, 7) is 0. The van der Waals surface area contributed by atoms with Crippen LogP contribution in [-0.2, 0) is 0 Å². The number of aliphatic imine (C=N–C) groups is 2. The Labute approximate surface area is 159 Å². The van der Waals surface area contributed by atoms with Crippen molar-refractivity contribution in [1.82, 2.24) is 0 Å². The number of benzene rings is 3. The molecule has 0 heterocycles. The van der Waals surface area contributed by atoms with Crippen LogP contribution in [0.5, 0.6) is 0 Å². The van der Waals surface area contributed by atoms with Crippen molar-refractivity contribution in [1.29, 1.82) is 0 Å². The highest BCUT2D eigenvalue weighted by Gasteiger charge is 2.11. The topological polar surface area (TPSA) is 36.8 Å². The zero-order valence-corrected chi connectivity index (χ0v) is 14.8. The highest BCUT2D eigenvalue weighted by atomic mass is 14.9. The molecule has 4 rings (SSSR count). The van der Waals surface area contributed by atoms with Crippen molar-refractivity contribution in [2.75, 3.05) is 5.32 Å². The minimum absolute atomic E-state index is 0.872. The van der Waals surface area contributed by atoms with Crippen molar-refractivity contribution in [3.8, 4) is 0 Å². The van der Waals surface area contributed by atoms with Gasteiger partial charge in [-0.05, 0) is 54.6 Å². The summed E-state index contributed by atoms with van der Waals surface area (Å²) < 4.78 is 0. The molecule has 3 heteroatoms. The monoisotopic (exact) mass is 349 g/mol. The summed E-state index contributed by atoms with van der Waals surface area (Å²) in [7, 11) is 0. The second kappa shape index (κ2) is 8.11. The molecule has 0 fully saturated rings. The Kier molecular flexibility index (Phi) is 5.02. The average Bonchev–Trinajstić information content (AvgIpc) is 2.72. The first kappa shape index (κ1) is 16.7. The van der Waals surface area contributed by atoms with Gasteiger partial charge in [-0.2, -0.15) is 0 Å². The smallest absolute Gasteiger partial charge is 0.0873 e. The molecule has 27 heavy (non-hydrogen) atoms. The number of nitrogens with one attached hydrogen (secondary N) is 1. The van der Waals surface area contributed by atoms with E-state index in [2.05, 4.69) is 5.32 Å². The zero-order valence-electron chi connectivity index (χ0n) is 14.8. The van der Waals surface area contributed by atoms with Crippen molar-refractivity contribution < 1.29 is 0 Å². The lowest BCUT2D eigenvalue weighted by Crippen LogP contribution is -2.15. The predicted molar refractivity (Wildman–Crippen MR) is 114 cm³/mol. The Morgan fingerprint density at radius 3 is 1.74 bits per heavy atom. The van der Waals surface area contributed by atoms with Gasteiger partial charge in [-0.3, -0.25) is 0 Å². The van der Waals surface area contributed by atoms with E-state index in [1.54, 1.807) is 0 Å². The molecule has 3 nitrogen and oxygen atoms in total. The van der Waals surface area contributed by atoms with Crippen molar-refractivity contribution in [3.05, 3.63) is 115 Å². The van der Waals surface area contributed by atoms with Crippen LogP contribution in [0.4, 0.5) is 17.1 Å². The van der Waals surface area contributed by atoms with Gasteiger partial charge < -0.3 is 5.32 Å². The van der Waals surface area contributed by atoms with E-state index in [-0.39, 0.29) is 0 Å². The van der Waals surface area contributed by atoms with E-state index in [1.807, 2.05) is 109 Å². The first-order valence-electron chi connectivity index (χ1n) is 8.86. The molecule has 0 bridgehead atoms. The molecular weight excluding hydrogens is 330 g/mol. The maximum Gasteiger partial charge on any atom is 0.0873 e. The molecule has 3 aromatic rings. The van der Waals surface area contributed by atoms with E-state index < -0.39 is 0 Å². The summed E-state index contributed by atoms with van der Waals surface area (Å²) in [6.07, 6.45) is 6.02. The molecule has 1 aliphatic rings. The molecule has 0 aliphatic heterocycles. The number of para-hydroxylation sites is 3. The van der Waals surface area contributed by atoms with Crippen LogP contribution in [0.1, 0.15) is 0 Å². The van der Waals surface area contributed by atoms with Crippen LogP contribution in [-0.4, -0.2) is 11.4 Å². The zero-order chi connectivity index (χ0) is 18.3. The van der Waals surface area contributed by atoms with E-state index in [4.69, 9.17) is 9.98 Å². The van der Waals surface area contributed by atoms with Crippen LogP contribution in [0.2, 0.25) is 0 Å². The van der Waals surface area contributed by atoms with Gasteiger partial charge >= 0.3 is 0 Å². The van der Waals surface area contributed by atoms with Crippen molar-refractivity contribution >= 4 is 28.5 Å². The highest BCUT2D eigenvalue weighted by Crippen LogP contribution is 2.20. The van der Waals surface area contributed by atoms with Crippen LogP contribution < -0.4 is 5.32 Å². The molecule has 0 spiro atoms. The third kappa shape index (κ3) is 4.47. The molecule has 0 saturated carbocycles. The van der Waals surface area contributed by atoms with Gasteiger partial charge in [-0.25, -0.2) is 9.98 Å². The second-order valence-corrected chi connectivity index (χ2v) is 6.09.